The van der Waals surface area contributed by atoms with Gasteiger partial charge in [-0.25, -0.2) is 8.78 Å². The number of hydrogen-bond acceptors (Lipinski definition) is 6. The molecule has 11 heteroatoms. The first-order valence-electron chi connectivity index (χ1n) is 11.3. The molecule has 2 heterocycles. The Morgan fingerprint density at radius 2 is 2.03 bits per heavy atom. The number of piperidine rings is 2. The number of alkyl halides is 3. The van der Waals surface area contributed by atoms with E-state index in [4.69, 9.17) is 23.2 Å². The van der Waals surface area contributed by atoms with Crippen LogP contribution in [0.25, 0.3) is 0 Å². The molecule has 2 fully saturated rings. The lowest BCUT2D eigenvalue weighted by Crippen LogP contribution is -2.60. The van der Waals surface area contributed by atoms with Crippen LogP contribution >= 0.6 is 23.2 Å². The quantitative estimate of drug-likeness (QED) is 0.394. The average molecular weight is 509 g/mol. The number of carbonyl (C=O) groups excluding carboxylic acids is 1. The summed E-state index contributed by atoms with van der Waals surface area (Å²) in [7, 11) is 0. The summed E-state index contributed by atoms with van der Waals surface area (Å²) < 4.78 is 29.4. The second-order valence-corrected chi connectivity index (χ2v) is 9.92. The molecule has 186 valence electrons. The van der Waals surface area contributed by atoms with Crippen LogP contribution in [-0.2, 0) is 4.79 Å². The maximum atomic E-state index is 14.7. The number of halogens is 4. The molecule has 1 amide bonds. The van der Waals surface area contributed by atoms with Gasteiger partial charge in [0.05, 0.1) is 36.2 Å². The highest BCUT2D eigenvalue weighted by Crippen LogP contribution is 2.31. The SMILES string of the molecule is C[C@@H](NC(=O)CC1C(Cl)CCC(NCC(F)(F)C2CCCCN2O)N1O)c1cccc(Cl)c1. The van der Waals surface area contributed by atoms with Gasteiger partial charge in [0.2, 0.25) is 5.91 Å². The van der Waals surface area contributed by atoms with Crippen molar-refractivity contribution in [2.75, 3.05) is 13.1 Å². The van der Waals surface area contributed by atoms with Crippen LogP contribution < -0.4 is 10.6 Å². The minimum absolute atomic E-state index is 0.0861. The molecule has 1 aromatic rings. The fourth-order valence-corrected chi connectivity index (χ4v) is 5.05. The zero-order chi connectivity index (χ0) is 24.2. The molecule has 0 radical (unpaired) electrons. The normalized spacial score (nSPS) is 28.5. The van der Waals surface area contributed by atoms with Gasteiger partial charge in [-0.15, -0.1) is 11.6 Å². The molecule has 4 N–H and O–H groups in total. The van der Waals surface area contributed by atoms with Crippen molar-refractivity contribution in [1.29, 1.82) is 0 Å². The van der Waals surface area contributed by atoms with Crippen molar-refractivity contribution in [3.63, 3.8) is 0 Å². The topological polar surface area (TPSA) is 88.1 Å². The summed E-state index contributed by atoms with van der Waals surface area (Å²) in [4.78, 5) is 12.6. The van der Waals surface area contributed by atoms with Gasteiger partial charge in [0, 0.05) is 18.0 Å². The van der Waals surface area contributed by atoms with E-state index in [0.717, 1.165) is 10.6 Å². The Labute approximate surface area is 202 Å². The minimum atomic E-state index is -3.17. The third kappa shape index (κ3) is 6.97. The van der Waals surface area contributed by atoms with Gasteiger partial charge in [-0.1, -0.05) is 30.2 Å². The van der Waals surface area contributed by atoms with E-state index < -0.39 is 36.1 Å². The van der Waals surface area contributed by atoms with Gasteiger partial charge < -0.3 is 15.7 Å². The monoisotopic (exact) mass is 508 g/mol. The van der Waals surface area contributed by atoms with Gasteiger partial charge in [0.1, 0.15) is 0 Å². The molecule has 0 aromatic heterocycles. The molecule has 1 aromatic carbocycles. The average Bonchev–Trinajstić information content (AvgIpc) is 2.76. The third-order valence-corrected chi connectivity index (χ3v) is 7.19. The van der Waals surface area contributed by atoms with Crippen LogP contribution in [0.1, 0.15) is 57.1 Å². The van der Waals surface area contributed by atoms with E-state index in [1.165, 1.54) is 0 Å². The molecular weight excluding hydrogens is 477 g/mol. The first kappa shape index (κ1) is 26.5. The zero-order valence-electron chi connectivity index (χ0n) is 18.6. The van der Waals surface area contributed by atoms with E-state index in [9.17, 15) is 24.0 Å². The summed E-state index contributed by atoms with van der Waals surface area (Å²) in [6, 6.07) is 4.85. The molecule has 2 aliphatic heterocycles. The molecule has 4 unspecified atom stereocenters. The number of hydroxylamine groups is 4. The lowest BCUT2D eigenvalue weighted by atomic mass is 9.96. The van der Waals surface area contributed by atoms with Crippen LogP contribution in [0.2, 0.25) is 5.02 Å². The number of nitrogens with one attached hydrogen (secondary N) is 2. The Balaban J connectivity index is 1.55. The highest BCUT2D eigenvalue weighted by Gasteiger charge is 2.45. The first-order chi connectivity index (χ1) is 15.6. The van der Waals surface area contributed by atoms with Crippen LogP contribution in [0.15, 0.2) is 24.3 Å². The maximum Gasteiger partial charge on any atom is 0.277 e. The van der Waals surface area contributed by atoms with E-state index in [1.54, 1.807) is 18.2 Å². The van der Waals surface area contributed by atoms with Gasteiger partial charge in [0.15, 0.2) is 0 Å². The van der Waals surface area contributed by atoms with E-state index in [2.05, 4.69) is 10.6 Å². The summed E-state index contributed by atoms with van der Waals surface area (Å²) in [5.74, 6) is -3.49. The second kappa shape index (κ2) is 11.6. The number of rotatable bonds is 8. The smallest absolute Gasteiger partial charge is 0.277 e. The largest absolute Gasteiger partial charge is 0.350 e. The van der Waals surface area contributed by atoms with Gasteiger partial charge in [-0.2, -0.15) is 10.1 Å². The Morgan fingerprint density at radius 3 is 2.73 bits per heavy atom. The van der Waals surface area contributed by atoms with Crippen LogP contribution in [0, 0.1) is 0 Å². The van der Waals surface area contributed by atoms with E-state index in [-0.39, 0.29) is 31.3 Å². The molecular formula is C22H32Cl2F2N4O3. The molecule has 33 heavy (non-hydrogen) atoms. The Hall–Kier alpha value is -1.07. The maximum absolute atomic E-state index is 14.7. The molecule has 2 aliphatic rings. The van der Waals surface area contributed by atoms with Crippen LogP contribution in [-0.4, -0.2) is 69.1 Å². The minimum Gasteiger partial charge on any atom is -0.350 e. The summed E-state index contributed by atoms with van der Waals surface area (Å²) in [6.07, 6.45) is 1.47. The summed E-state index contributed by atoms with van der Waals surface area (Å²) in [6.45, 7) is 1.34. The predicted octanol–water partition coefficient (Wildman–Crippen LogP) is 4.16. The molecule has 0 saturated carbocycles. The second-order valence-electron chi connectivity index (χ2n) is 8.92. The fourth-order valence-electron chi connectivity index (χ4n) is 4.52. The Kier molecular flexibility index (Phi) is 9.31. The summed E-state index contributed by atoms with van der Waals surface area (Å²) in [5.41, 5.74) is 0.838. The van der Waals surface area contributed by atoms with Gasteiger partial charge >= 0.3 is 0 Å². The van der Waals surface area contributed by atoms with Gasteiger partial charge in [-0.05, 0) is 50.3 Å². The lowest BCUT2D eigenvalue weighted by molar-refractivity contribution is -0.219. The number of nitrogens with zero attached hydrogens (tertiary/aromatic N) is 2. The lowest BCUT2D eigenvalue weighted by Gasteiger charge is -2.42. The molecule has 3 rings (SSSR count). The molecule has 5 atom stereocenters. The zero-order valence-corrected chi connectivity index (χ0v) is 20.1. The van der Waals surface area contributed by atoms with Crippen molar-refractivity contribution in [1.82, 2.24) is 20.8 Å². The van der Waals surface area contributed by atoms with Crippen LogP contribution in [0.3, 0.4) is 0 Å². The van der Waals surface area contributed by atoms with Crippen LogP contribution in [0.4, 0.5) is 8.78 Å². The Morgan fingerprint density at radius 1 is 1.27 bits per heavy atom. The molecule has 0 spiro atoms. The number of hydrogen-bond donors (Lipinski definition) is 4. The highest BCUT2D eigenvalue weighted by atomic mass is 35.5. The molecule has 7 nitrogen and oxygen atoms in total. The van der Waals surface area contributed by atoms with E-state index >= 15 is 0 Å². The van der Waals surface area contributed by atoms with Crippen molar-refractivity contribution in [2.45, 2.75) is 81.0 Å². The highest BCUT2D eigenvalue weighted by molar-refractivity contribution is 6.30. The van der Waals surface area contributed by atoms with E-state index in [1.807, 2.05) is 13.0 Å². The number of carbonyl (C=O) groups is 1. The number of amides is 1. The van der Waals surface area contributed by atoms with Gasteiger partial charge in [-0.3, -0.25) is 10.1 Å². The molecule has 0 aliphatic carbocycles. The molecule has 0 bridgehead atoms. The predicted molar refractivity (Wildman–Crippen MR) is 122 cm³/mol. The van der Waals surface area contributed by atoms with E-state index in [0.29, 0.717) is 35.8 Å². The fraction of sp³-hybridized carbons (Fsp3) is 0.682. The third-order valence-electron chi connectivity index (χ3n) is 6.45. The Bertz CT molecular complexity index is 807. The van der Waals surface area contributed by atoms with Crippen molar-refractivity contribution in [3.8, 4) is 0 Å². The molecule has 2 saturated heterocycles. The van der Waals surface area contributed by atoms with Crippen molar-refractivity contribution in [3.05, 3.63) is 34.9 Å². The van der Waals surface area contributed by atoms with Crippen molar-refractivity contribution in [2.24, 2.45) is 0 Å². The number of benzene rings is 1. The summed E-state index contributed by atoms with van der Waals surface area (Å²) >= 11 is 12.4. The van der Waals surface area contributed by atoms with Crippen molar-refractivity contribution >= 4 is 29.1 Å². The summed E-state index contributed by atoms with van der Waals surface area (Å²) in [5, 5.41) is 27.7. The standard InChI is InChI=1S/C22H32Cl2F2N4O3/c1-14(15-5-4-6-16(23)11-15)28-21(31)12-18-17(24)8-9-20(30(18)33)27-13-22(25,26)19-7-2-3-10-29(19)32/h4-6,11,14,17-20,27,32-33H,2-3,7-10,12-13H2,1H3,(H,28,31)/t14-,17?,18?,19?,20?/m1/s1. The van der Waals surface area contributed by atoms with Gasteiger partial charge in [0.25, 0.3) is 5.92 Å². The van der Waals surface area contributed by atoms with Crippen LogP contribution in [0.5, 0.6) is 0 Å². The first-order valence-corrected chi connectivity index (χ1v) is 12.1. The van der Waals surface area contributed by atoms with Crippen molar-refractivity contribution < 1.29 is 24.0 Å².